The number of hydrogen-bond donors (Lipinski definition) is 1. The van der Waals surface area contributed by atoms with Crippen molar-refractivity contribution < 1.29 is 4.21 Å². The summed E-state index contributed by atoms with van der Waals surface area (Å²) in [4.78, 5) is 4.17. The molecule has 2 unspecified atom stereocenters. The van der Waals surface area contributed by atoms with E-state index in [1.54, 1.807) is 6.26 Å². The minimum absolute atomic E-state index is 0.392. The van der Waals surface area contributed by atoms with Crippen LogP contribution in [0.4, 0.5) is 0 Å². The summed E-state index contributed by atoms with van der Waals surface area (Å²) < 4.78 is 13.2. The molecule has 0 aliphatic carbocycles. The second kappa shape index (κ2) is 7.61. The van der Waals surface area contributed by atoms with Crippen LogP contribution in [0, 0.1) is 0 Å². The van der Waals surface area contributed by atoms with E-state index in [0.717, 1.165) is 31.7 Å². The Morgan fingerprint density at radius 1 is 1.59 bits per heavy atom. The Morgan fingerprint density at radius 3 is 3.00 bits per heavy atom. The van der Waals surface area contributed by atoms with Crippen LogP contribution in [-0.4, -0.2) is 31.8 Å². The summed E-state index contributed by atoms with van der Waals surface area (Å²) in [5, 5.41) is 3.44. The predicted molar refractivity (Wildman–Crippen MR) is 72.4 cm³/mol. The number of aryl methyl sites for hydroxylation is 1. The van der Waals surface area contributed by atoms with Crippen LogP contribution in [0.5, 0.6) is 0 Å². The van der Waals surface area contributed by atoms with Crippen LogP contribution in [0.15, 0.2) is 12.5 Å². The summed E-state index contributed by atoms with van der Waals surface area (Å²) in [5.41, 5.74) is 1.22. The first-order chi connectivity index (χ1) is 8.13. The highest BCUT2D eigenvalue weighted by Crippen LogP contribution is 2.02. The molecule has 0 fully saturated rings. The summed E-state index contributed by atoms with van der Waals surface area (Å²) in [6, 6.07) is 0.392. The third kappa shape index (κ3) is 5.46. The van der Waals surface area contributed by atoms with Gasteiger partial charge in [-0.1, -0.05) is 6.92 Å². The van der Waals surface area contributed by atoms with E-state index in [-0.39, 0.29) is 0 Å². The second-order valence-electron chi connectivity index (χ2n) is 4.43. The number of hydrogen-bond acceptors (Lipinski definition) is 3. The van der Waals surface area contributed by atoms with E-state index in [4.69, 9.17) is 0 Å². The van der Waals surface area contributed by atoms with Gasteiger partial charge in [0.15, 0.2) is 0 Å². The van der Waals surface area contributed by atoms with Crippen molar-refractivity contribution in [1.82, 2.24) is 14.9 Å². The van der Waals surface area contributed by atoms with Crippen molar-refractivity contribution in [3.63, 3.8) is 0 Å². The Kier molecular flexibility index (Phi) is 6.44. The van der Waals surface area contributed by atoms with Crippen molar-refractivity contribution in [2.24, 2.45) is 0 Å². The fraction of sp³-hybridized carbons (Fsp3) is 0.750. The zero-order valence-corrected chi connectivity index (χ0v) is 11.8. The van der Waals surface area contributed by atoms with E-state index >= 15 is 0 Å². The summed E-state index contributed by atoms with van der Waals surface area (Å²) >= 11 is 0. The van der Waals surface area contributed by atoms with Crippen molar-refractivity contribution in [3.8, 4) is 0 Å². The summed E-state index contributed by atoms with van der Waals surface area (Å²) in [6.45, 7) is 6.14. The molecule has 1 rings (SSSR count). The fourth-order valence-electron chi connectivity index (χ4n) is 1.66. The lowest BCUT2D eigenvalue weighted by molar-refractivity contribution is 0.513. The molecule has 17 heavy (non-hydrogen) atoms. The fourth-order valence-corrected chi connectivity index (χ4v) is 2.35. The average molecular weight is 257 g/mol. The van der Waals surface area contributed by atoms with E-state index in [2.05, 4.69) is 28.7 Å². The van der Waals surface area contributed by atoms with Gasteiger partial charge in [-0.15, -0.1) is 0 Å². The van der Waals surface area contributed by atoms with Gasteiger partial charge in [-0.05, 0) is 19.8 Å². The van der Waals surface area contributed by atoms with Crippen LogP contribution in [0.1, 0.15) is 32.4 Å². The molecule has 0 radical (unpaired) electrons. The highest BCUT2D eigenvalue weighted by Gasteiger charge is 2.05. The van der Waals surface area contributed by atoms with Crippen LogP contribution < -0.4 is 5.32 Å². The molecule has 0 aliphatic heterocycles. The largest absolute Gasteiger partial charge is 0.333 e. The minimum atomic E-state index is -0.691. The number of aromatic nitrogens is 2. The number of imidazole rings is 1. The molecule has 4 nitrogen and oxygen atoms in total. The molecule has 1 heterocycles. The van der Waals surface area contributed by atoms with E-state index in [9.17, 15) is 4.21 Å². The Balaban J connectivity index is 2.33. The van der Waals surface area contributed by atoms with Crippen molar-refractivity contribution in [1.29, 1.82) is 0 Å². The number of nitrogens with zero attached hydrogens (tertiary/aromatic N) is 2. The van der Waals surface area contributed by atoms with Gasteiger partial charge in [0.1, 0.15) is 0 Å². The lowest BCUT2D eigenvalue weighted by Crippen LogP contribution is -2.28. The molecule has 1 N–H and O–H groups in total. The molecule has 5 heteroatoms. The van der Waals surface area contributed by atoms with Crippen LogP contribution in [0.25, 0.3) is 0 Å². The van der Waals surface area contributed by atoms with E-state index < -0.39 is 10.8 Å². The monoisotopic (exact) mass is 257 g/mol. The van der Waals surface area contributed by atoms with E-state index in [0.29, 0.717) is 6.04 Å². The molecule has 0 aromatic carbocycles. The quantitative estimate of drug-likeness (QED) is 0.768. The molecule has 0 saturated heterocycles. The van der Waals surface area contributed by atoms with Crippen LogP contribution >= 0.6 is 0 Å². The Hall–Kier alpha value is -0.680. The minimum Gasteiger partial charge on any atom is -0.333 e. The first kappa shape index (κ1) is 14.4. The lowest BCUT2D eigenvalue weighted by atomic mass is 10.2. The first-order valence-corrected chi connectivity index (χ1v) is 7.88. The Morgan fingerprint density at radius 2 is 2.35 bits per heavy atom. The second-order valence-corrected chi connectivity index (χ2v) is 5.98. The third-order valence-electron chi connectivity index (χ3n) is 2.73. The van der Waals surface area contributed by atoms with Gasteiger partial charge >= 0.3 is 0 Å². The van der Waals surface area contributed by atoms with Crippen LogP contribution in [0.2, 0.25) is 0 Å². The van der Waals surface area contributed by atoms with E-state index in [1.807, 2.05) is 12.5 Å². The van der Waals surface area contributed by atoms with Gasteiger partial charge < -0.3 is 9.88 Å². The molecule has 0 amide bonds. The van der Waals surface area contributed by atoms with Gasteiger partial charge in [-0.2, -0.15) is 0 Å². The van der Waals surface area contributed by atoms with E-state index in [1.165, 1.54) is 5.69 Å². The summed E-state index contributed by atoms with van der Waals surface area (Å²) in [6.07, 6.45) is 7.61. The molecule has 98 valence electrons. The predicted octanol–water partition coefficient (Wildman–Crippen LogP) is 1.54. The van der Waals surface area contributed by atoms with Crippen molar-refractivity contribution in [2.45, 2.75) is 45.8 Å². The van der Waals surface area contributed by atoms with Gasteiger partial charge in [0, 0.05) is 48.1 Å². The van der Waals surface area contributed by atoms with Gasteiger partial charge in [0.25, 0.3) is 0 Å². The normalized spacial score (nSPS) is 14.8. The molecule has 1 aromatic rings. The maximum absolute atomic E-state index is 11.0. The van der Waals surface area contributed by atoms with Crippen molar-refractivity contribution in [3.05, 3.63) is 18.2 Å². The zero-order valence-electron chi connectivity index (χ0n) is 11.0. The van der Waals surface area contributed by atoms with Gasteiger partial charge in [-0.3, -0.25) is 4.21 Å². The topological polar surface area (TPSA) is 46.9 Å². The standard InChI is InChI=1S/C12H23N3OS/c1-4-6-15-10-13-8-12(15)9-14-11(2)5-7-17(3)16/h8,10-11,14H,4-7,9H2,1-3H3. The van der Waals surface area contributed by atoms with Crippen LogP contribution in [-0.2, 0) is 23.9 Å². The highest BCUT2D eigenvalue weighted by molar-refractivity contribution is 7.84. The lowest BCUT2D eigenvalue weighted by Gasteiger charge is -2.14. The maximum atomic E-state index is 11.0. The molecule has 0 saturated carbocycles. The third-order valence-corrected chi connectivity index (χ3v) is 3.54. The van der Waals surface area contributed by atoms with Gasteiger partial charge in [0.05, 0.1) is 12.0 Å². The summed E-state index contributed by atoms with van der Waals surface area (Å²) in [7, 11) is -0.691. The number of rotatable bonds is 8. The first-order valence-electron chi connectivity index (χ1n) is 6.16. The number of nitrogens with one attached hydrogen (secondary N) is 1. The Bertz CT molecular complexity index is 351. The summed E-state index contributed by atoms with van der Waals surface area (Å²) in [5.74, 6) is 0.766. The molecule has 0 bridgehead atoms. The highest BCUT2D eigenvalue weighted by atomic mass is 32.2. The zero-order chi connectivity index (χ0) is 12.7. The molecule has 1 aromatic heterocycles. The van der Waals surface area contributed by atoms with Crippen molar-refractivity contribution in [2.75, 3.05) is 12.0 Å². The van der Waals surface area contributed by atoms with Crippen molar-refractivity contribution >= 4 is 10.8 Å². The molecule has 2 atom stereocenters. The molecular weight excluding hydrogens is 234 g/mol. The van der Waals surface area contributed by atoms with Crippen LogP contribution in [0.3, 0.4) is 0 Å². The average Bonchev–Trinajstić information content (AvgIpc) is 2.71. The molecule has 0 spiro atoms. The molecular formula is C12H23N3OS. The molecule has 0 aliphatic rings. The smallest absolute Gasteiger partial charge is 0.0948 e. The van der Waals surface area contributed by atoms with Gasteiger partial charge in [0.2, 0.25) is 0 Å². The Labute approximate surface area is 106 Å². The van der Waals surface area contributed by atoms with Gasteiger partial charge in [-0.25, -0.2) is 4.98 Å². The SMILES string of the molecule is CCCn1cncc1CNC(C)CCS(C)=O. The maximum Gasteiger partial charge on any atom is 0.0948 e.